The number of pyridine rings is 1. The first-order chi connectivity index (χ1) is 11.8. The van der Waals surface area contributed by atoms with Gasteiger partial charge >= 0.3 is 0 Å². The quantitative estimate of drug-likeness (QED) is 0.368. The lowest BCUT2D eigenvalue weighted by molar-refractivity contribution is -0.895. The molecule has 0 bridgehead atoms. The molecule has 0 aliphatic heterocycles. The molecule has 0 aliphatic carbocycles. The number of alkyl halides is 1. The summed E-state index contributed by atoms with van der Waals surface area (Å²) in [6.45, 7) is 6.54. The number of halogens is 1. The second-order valence-corrected chi connectivity index (χ2v) is 6.54. The monoisotopic (exact) mass is 343 g/mol. The summed E-state index contributed by atoms with van der Waals surface area (Å²) in [6.07, 6.45) is 1.14. The highest BCUT2D eigenvalue weighted by Crippen LogP contribution is 2.28. The third-order valence-corrected chi connectivity index (χ3v) is 4.81. The van der Waals surface area contributed by atoms with Gasteiger partial charge in [-0.05, 0) is 19.1 Å². The molecule has 24 heavy (non-hydrogen) atoms. The average Bonchev–Trinajstić information content (AvgIpc) is 2.63. The van der Waals surface area contributed by atoms with Crippen LogP contribution in [0.5, 0.6) is 0 Å². The van der Waals surface area contributed by atoms with E-state index in [2.05, 4.69) is 65.8 Å². The van der Waals surface area contributed by atoms with Crippen LogP contribution in [-0.4, -0.2) is 32.1 Å². The molecule has 1 unspecified atom stereocenters. The zero-order valence-corrected chi connectivity index (χ0v) is 15.0. The number of aromatic nitrogens is 1. The number of para-hydroxylation sites is 2. The molecule has 0 saturated carbocycles. The van der Waals surface area contributed by atoms with Gasteiger partial charge < -0.3 is 10.2 Å². The van der Waals surface area contributed by atoms with Crippen LogP contribution >= 0.6 is 11.6 Å². The highest BCUT2D eigenvalue weighted by molar-refractivity contribution is 6.17. The maximum absolute atomic E-state index is 5.87. The largest absolute Gasteiger partial charge is 0.383 e. The average molecular weight is 344 g/mol. The Morgan fingerprint density at radius 2 is 1.58 bits per heavy atom. The fourth-order valence-corrected chi connectivity index (χ4v) is 3.53. The molecule has 3 rings (SSSR count). The highest BCUT2D eigenvalue weighted by Gasteiger charge is 2.13. The summed E-state index contributed by atoms with van der Waals surface area (Å²) in [6, 6.07) is 17.0. The molecule has 4 heteroatoms. The van der Waals surface area contributed by atoms with Gasteiger partial charge in [-0.2, -0.15) is 0 Å². The number of anilines is 1. The SMILES string of the molecule is CC[NH+](CCCl)CCCNc1c2ccccc2[nH+]c2ccccc12. The van der Waals surface area contributed by atoms with E-state index in [4.69, 9.17) is 11.6 Å². The lowest BCUT2D eigenvalue weighted by Gasteiger charge is -2.17. The van der Waals surface area contributed by atoms with Crippen molar-refractivity contribution in [2.24, 2.45) is 0 Å². The van der Waals surface area contributed by atoms with Crippen molar-refractivity contribution < 1.29 is 9.88 Å². The summed E-state index contributed by atoms with van der Waals surface area (Å²) in [5.41, 5.74) is 3.57. The minimum atomic E-state index is 0.737. The molecule has 3 aromatic rings. The number of aromatic amines is 1. The zero-order chi connectivity index (χ0) is 16.8. The van der Waals surface area contributed by atoms with Crippen molar-refractivity contribution in [2.45, 2.75) is 13.3 Å². The summed E-state index contributed by atoms with van der Waals surface area (Å²) < 4.78 is 0. The van der Waals surface area contributed by atoms with Crippen molar-refractivity contribution in [1.82, 2.24) is 0 Å². The number of benzene rings is 2. The van der Waals surface area contributed by atoms with Crippen molar-refractivity contribution in [3.8, 4) is 0 Å². The van der Waals surface area contributed by atoms with Crippen LogP contribution in [0.15, 0.2) is 48.5 Å². The van der Waals surface area contributed by atoms with E-state index < -0.39 is 0 Å². The summed E-state index contributed by atoms with van der Waals surface area (Å²) in [5, 5.41) is 6.18. The summed E-state index contributed by atoms with van der Waals surface area (Å²) in [7, 11) is 0. The van der Waals surface area contributed by atoms with Crippen LogP contribution in [0.4, 0.5) is 5.69 Å². The Labute approximate surface area is 148 Å². The fraction of sp³-hybridized carbons (Fsp3) is 0.350. The van der Waals surface area contributed by atoms with E-state index in [1.807, 2.05) is 0 Å². The van der Waals surface area contributed by atoms with E-state index in [0.717, 1.165) is 38.5 Å². The molecule has 3 N–H and O–H groups in total. The minimum Gasteiger partial charge on any atom is -0.383 e. The molecule has 1 aromatic heterocycles. The van der Waals surface area contributed by atoms with Crippen molar-refractivity contribution >= 4 is 39.1 Å². The number of fused-ring (bicyclic) bond motifs is 2. The number of nitrogens with one attached hydrogen (secondary N) is 3. The fourth-order valence-electron chi connectivity index (χ4n) is 3.26. The Balaban J connectivity index is 1.79. The van der Waals surface area contributed by atoms with Gasteiger partial charge in [0.15, 0.2) is 0 Å². The van der Waals surface area contributed by atoms with Gasteiger partial charge in [-0.15, -0.1) is 11.6 Å². The Morgan fingerprint density at radius 3 is 2.17 bits per heavy atom. The molecule has 3 nitrogen and oxygen atoms in total. The summed E-state index contributed by atoms with van der Waals surface area (Å²) >= 11 is 5.87. The van der Waals surface area contributed by atoms with Crippen molar-refractivity contribution in [3.05, 3.63) is 48.5 Å². The molecule has 0 aliphatic rings. The van der Waals surface area contributed by atoms with Gasteiger partial charge in [0.1, 0.15) is 0 Å². The van der Waals surface area contributed by atoms with Crippen LogP contribution in [0.25, 0.3) is 21.8 Å². The number of rotatable bonds is 8. The van der Waals surface area contributed by atoms with Crippen LogP contribution in [-0.2, 0) is 0 Å². The summed E-state index contributed by atoms with van der Waals surface area (Å²) in [4.78, 5) is 5.10. The van der Waals surface area contributed by atoms with E-state index in [-0.39, 0.29) is 0 Å². The maximum atomic E-state index is 5.87. The second kappa shape index (κ2) is 8.32. The molecule has 0 saturated heterocycles. The molecule has 0 amide bonds. The van der Waals surface area contributed by atoms with Gasteiger partial charge in [0.25, 0.3) is 0 Å². The van der Waals surface area contributed by atoms with Gasteiger partial charge in [0.05, 0.1) is 42.0 Å². The van der Waals surface area contributed by atoms with Crippen molar-refractivity contribution in [2.75, 3.05) is 37.4 Å². The van der Waals surface area contributed by atoms with E-state index in [1.165, 1.54) is 27.5 Å². The Morgan fingerprint density at radius 1 is 0.958 bits per heavy atom. The van der Waals surface area contributed by atoms with Gasteiger partial charge in [0.2, 0.25) is 11.0 Å². The van der Waals surface area contributed by atoms with E-state index in [9.17, 15) is 0 Å². The predicted octanol–water partition coefficient (Wildman–Crippen LogP) is 2.75. The van der Waals surface area contributed by atoms with E-state index >= 15 is 0 Å². The molecule has 0 fully saturated rings. The van der Waals surface area contributed by atoms with E-state index in [1.54, 1.807) is 4.90 Å². The second-order valence-electron chi connectivity index (χ2n) is 6.16. The van der Waals surface area contributed by atoms with E-state index in [0.29, 0.717) is 0 Å². The predicted molar refractivity (Wildman–Crippen MR) is 103 cm³/mol. The molecule has 1 atom stereocenters. The van der Waals surface area contributed by atoms with Crippen molar-refractivity contribution in [3.63, 3.8) is 0 Å². The topological polar surface area (TPSA) is 30.6 Å². The normalized spacial score (nSPS) is 12.6. The van der Waals surface area contributed by atoms with Gasteiger partial charge in [-0.1, -0.05) is 24.3 Å². The lowest BCUT2D eigenvalue weighted by Crippen LogP contribution is -3.12. The third-order valence-electron chi connectivity index (χ3n) is 4.62. The molecular formula is C20H26ClN3+2. The molecule has 2 aromatic carbocycles. The van der Waals surface area contributed by atoms with Crippen LogP contribution in [0.1, 0.15) is 13.3 Å². The van der Waals surface area contributed by atoms with Gasteiger partial charge in [0, 0.05) is 25.1 Å². The zero-order valence-electron chi connectivity index (χ0n) is 14.2. The lowest BCUT2D eigenvalue weighted by atomic mass is 10.1. The molecule has 126 valence electrons. The number of hydrogen-bond acceptors (Lipinski definition) is 1. The maximum Gasteiger partial charge on any atom is 0.213 e. The summed E-state index contributed by atoms with van der Waals surface area (Å²) in [5.74, 6) is 0.737. The number of H-pyrrole nitrogens is 1. The number of quaternary nitrogens is 1. The highest BCUT2D eigenvalue weighted by atomic mass is 35.5. The first-order valence-electron chi connectivity index (χ1n) is 8.79. The molecule has 0 radical (unpaired) electrons. The van der Waals surface area contributed by atoms with Crippen LogP contribution in [0.3, 0.4) is 0 Å². The molecular weight excluding hydrogens is 318 g/mol. The van der Waals surface area contributed by atoms with Crippen LogP contribution in [0, 0.1) is 0 Å². The molecule has 1 heterocycles. The Bertz CT molecular complexity index is 749. The molecule has 0 spiro atoms. The first kappa shape index (κ1) is 17.0. The van der Waals surface area contributed by atoms with Crippen LogP contribution in [0.2, 0.25) is 0 Å². The minimum absolute atomic E-state index is 0.737. The third kappa shape index (κ3) is 3.80. The Hall–Kier alpha value is -1.84. The van der Waals surface area contributed by atoms with Crippen molar-refractivity contribution in [1.29, 1.82) is 0 Å². The number of hydrogen-bond donors (Lipinski definition) is 2. The standard InChI is InChI=1S/C20H24ClN3/c1-2-24(15-12-21)14-7-13-22-20-16-8-3-5-10-18(16)23-19-11-6-4-9-17(19)20/h3-6,8-11H,2,7,12-15H2,1H3,(H,22,23)/p+2. The Kier molecular flexibility index (Phi) is 5.89. The van der Waals surface area contributed by atoms with Gasteiger partial charge in [-0.3, -0.25) is 0 Å². The first-order valence-corrected chi connectivity index (χ1v) is 9.33. The smallest absolute Gasteiger partial charge is 0.213 e. The van der Waals surface area contributed by atoms with Gasteiger partial charge in [-0.25, -0.2) is 4.98 Å². The van der Waals surface area contributed by atoms with Crippen LogP contribution < -0.4 is 15.2 Å².